The standard InChI is InChI=1S/C13H17N3O/c1-2-14-7-12-9-16(10-15-12)8-11-3-5-13(17)6-4-11/h3-6,9-10,14,17H,2,7-8H2,1H3. The highest BCUT2D eigenvalue weighted by atomic mass is 16.3. The van der Waals surface area contributed by atoms with E-state index < -0.39 is 0 Å². The lowest BCUT2D eigenvalue weighted by Crippen LogP contribution is -2.11. The molecule has 2 rings (SSSR count). The van der Waals surface area contributed by atoms with E-state index in [1.54, 1.807) is 12.1 Å². The summed E-state index contributed by atoms with van der Waals surface area (Å²) >= 11 is 0. The Bertz CT molecular complexity index is 462. The van der Waals surface area contributed by atoms with Crippen LogP contribution in [0, 0.1) is 0 Å². The third-order valence-electron chi connectivity index (χ3n) is 2.54. The molecular formula is C13H17N3O. The first-order valence-electron chi connectivity index (χ1n) is 5.77. The predicted molar refractivity (Wildman–Crippen MR) is 66.8 cm³/mol. The number of nitrogens with one attached hydrogen (secondary N) is 1. The van der Waals surface area contributed by atoms with Crippen LogP contribution in [-0.2, 0) is 13.1 Å². The van der Waals surface area contributed by atoms with Gasteiger partial charge in [-0.25, -0.2) is 4.98 Å². The Morgan fingerprint density at radius 1 is 1.29 bits per heavy atom. The van der Waals surface area contributed by atoms with E-state index in [9.17, 15) is 5.11 Å². The molecule has 0 spiro atoms. The van der Waals surface area contributed by atoms with Gasteiger partial charge in [-0.2, -0.15) is 0 Å². The molecule has 0 saturated carbocycles. The first-order valence-corrected chi connectivity index (χ1v) is 5.77. The summed E-state index contributed by atoms with van der Waals surface area (Å²) in [4.78, 5) is 4.32. The van der Waals surface area contributed by atoms with Gasteiger partial charge in [0.25, 0.3) is 0 Å². The zero-order valence-electron chi connectivity index (χ0n) is 9.93. The zero-order valence-corrected chi connectivity index (χ0v) is 9.93. The molecule has 0 bridgehead atoms. The molecular weight excluding hydrogens is 214 g/mol. The van der Waals surface area contributed by atoms with Crippen molar-refractivity contribution in [2.24, 2.45) is 0 Å². The van der Waals surface area contributed by atoms with Crippen molar-refractivity contribution in [3.63, 3.8) is 0 Å². The van der Waals surface area contributed by atoms with Crippen LogP contribution in [-0.4, -0.2) is 21.2 Å². The van der Waals surface area contributed by atoms with E-state index in [1.165, 1.54) is 0 Å². The molecule has 0 aliphatic carbocycles. The zero-order chi connectivity index (χ0) is 12.1. The predicted octanol–water partition coefficient (Wildman–Crippen LogP) is 1.75. The van der Waals surface area contributed by atoms with Gasteiger partial charge in [-0.3, -0.25) is 0 Å². The van der Waals surface area contributed by atoms with Crippen molar-refractivity contribution in [2.75, 3.05) is 6.54 Å². The first kappa shape index (κ1) is 11.7. The van der Waals surface area contributed by atoms with Crippen LogP contribution >= 0.6 is 0 Å². The molecule has 0 fully saturated rings. The number of nitrogens with zero attached hydrogens (tertiary/aromatic N) is 2. The number of hydrogen-bond acceptors (Lipinski definition) is 3. The number of phenols is 1. The van der Waals surface area contributed by atoms with Gasteiger partial charge in [0.05, 0.1) is 12.0 Å². The summed E-state index contributed by atoms with van der Waals surface area (Å²) in [6, 6.07) is 7.23. The molecule has 0 amide bonds. The number of hydrogen-bond donors (Lipinski definition) is 2. The number of aromatic hydroxyl groups is 1. The van der Waals surface area contributed by atoms with Crippen LogP contribution < -0.4 is 5.32 Å². The molecule has 1 heterocycles. The van der Waals surface area contributed by atoms with Crippen LogP contribution in [0.1, 0.15) is 18.2 Å². The third-order valence-corrected chi connectivity index (χ3v) is 2.54. The van der Waals surface area contributed by atoms with Crippen LogP contribution in [0.4, 0.5) is 0 Å². The van der Waals surface area contributed by atoms with Crippen molar-refractivity contribution < 1.29 is 5.11 Å². The van der Waals surface area contributed by atoms with Crippen molar-refractivity contribution >= 4 is 0 Å². The Morgan fingerprint density at radius 2 is 2.06 bits per heavy atom. The summed E-state index contributed by atoms with van der Waals surface area (Å²) in [5, 5.41) is 12.4. The number of imidazole rings is 1. The summed E-state index contributed by atoms with van der Waals surface area (Å²) in [6.45, 7) is 4.61. The van der Waals surface area contributed by atoms with Gasteiger partial charge in [0.15, 0.2) is 0 Å². The molecule has 1 aromatic heterocycles. The minimum absolute atomic E-state index is 0.298. The van der Waals surface area contributed by atoms with Crippen LogP contribution in [0.3, 0.4) is 0 Å². The number of rotatable bonds is 5. The normalized spacial score (nSPS) is 10.6. The molecule has 90 valence electrons. The molecule has 0 radical (unpaired) electrons. The topological polar surface area (TPSA) is 50.1 Å². The van der Waals surface area contributed by atoms with E-state index in [0.717, 1.165) is 30.9 Å². The van der Waals surface area contributed by atoms with Gasteiger partial charge < -0.3 is 15.0 Å². The highest BCUT2D eigenvalue weighted by Gasteiger charge is 1.99. The number of aromatic nitrogens is 2. The van der Waals surface area contributed by atoms with Crippen LogP contribution in [0.2, 0.25) is 0 Å². The van der Waals surface area contributed by atoms with Gasteiger partial charge in [-0.15, -0.1) is 0 Å². The molecule has 0 aliphatic heterocycles. The Morgan fingerprint density at radius 3 is 2.76 bits per heavy atom. The van der Waals surface area contributed by atoms with Crippen molar-refractivity contribution in [2.45, 2.75) is 20.0 Å². The summed E-state index contributed by atoms with van der Waals surface area (Å²) in [6.07, 6.45) is 3.87. The van der Waals surface area contributed by atoms with E-state index in [1.807, 2.05) is 29.2 Å². The number of phenolic OH excluding ortho intramolecular Hbond substituents is 1. The summed E-state index contributed by atoms with van der Waals surface area (Å²) in [5.41, 5.74) is 2.20. The lowest BCUT2D eigenvalue weighted by Gasteiger charge is -2.02. The van der Waals surface area contributed by atoms with Gasteiger partial charge >= 0.3 is 0 Å². The highest BCUT2D eigenvalue weighted by molar-refractivity contribution is 5.26. The van der Waals surface area contributed by atoms with Crippen LogP contribution in [0.5, 0.6) is 5.75 Å². The Hall–Kier alpha value is -1.81. The Labute approximate surface area is 101 Å². The van der Waals surface area contributed by atoms with E-state index in [0.29, 0.717) is 5.75 Å². The molecule has 1 aromatic carbocycles. The molecule has 17 heavy (non-hydrogen) atoms. The van der Waals surface area contributed by atoms with Gasteiger partial charge in [-0.1, -0.05) is 19.1 Å². The minimum Gasteiger partial charge on any atom is -0.508 e. The SMILES string of the molecule is CCNCc1cn(Cc2ccc(O)cc2)cn1. The average Bonchev–Trinajstić information content (AvgIpc) is 2.77. The highest BCUT2D eigenvalue weighted by Crippen LogP contribution is 2.11. The fraction of sp³-hybridized carbons (Fsp3) is 0.308. The van der Waals surface area contributed by atoms with Crippen molar-refractivity contribution in [3.05, 3.63) is 48.0 Å². The van der Waals surface area contributed by atoms with Gasteiger partial charge in [0, 0.05) is 19.3 Å². The van der Waals surface area contributed by atoms with Crippen LogP contribution in [0.15, 0.2) is 36.8 Å². The fourth-order valence-electron chi connectivity index (χ4n) is 1.65. The second kappa shape index (κ2) is 5.50. The van der Waals surface area contributed by atoms with E-state index >= 15 is 0 Å². The van der Waals surface area contributed by atoms with Crippen molar-refractivity contribution in [1.29, 1.82) is 0 Å². The summed E-state index contributed by atoms with van der Waals surface area (Å²) < 4.78 is 2.04. The summed E-state index contributed by atoms with van der Waals surface area (Å²) in [5.74, 6) is 0.298. The van der Waals surface area contributed by atoms with Gasteiger partial charge in [-0.05, 0) is 24.2 Å². The van der Waals surface area contributed by atoms with E-state index in [2.05, 4.69) is 17.2 Å². The van der Waals surface area contributed by atoms with E-state index in [4.69, 9.17) is 0 Å². The molecule has 4 heteroatoms. The van der Waals surface area contributed by atoms with Crippen molar-refractivity contribution in [3.8, 4) is 5.75 Å². The first-order chi connectivity index (χ1) is 8.28. The second-order valence-electron chi connectivity index (χ2n) is 3.98. The fourth-order valence-corrected chi connectivity index (χ4v) is 1.65. The monoisotopic (exact) mass is 231 g/mol. The summed E-state index contributed by atoms with van der Waals surface area (Å²) in [7, 11) is 0. The maximum Gasteiger partial charge on any atom is 0.115 e. The molecule has 2 aromatic rings. The lowest BCUT2D eigenvalue weighted by atomic mass is 10.2. The second-order valence-corrected chi connectivity index (χ2v) is 3.98. The quantitative estimate of drug-likeness (QED) is 0.824. The Kier molecular flexibility index (Phi) is 3.77. The molecule has 0 aliphatic rings. The maximum absolute atomic E-state index is 9.20. The lowest BCUT2D eigenvalue weighted by molar-refractivity contribution is 0.475. The average molecular weight is 231 g/mol. The largest absolute Gasteiger partial charge is 0.508 e. The molecule has 2 N–H and O–H groups in total. The minimum atomic E-state index is 0.298. The number of benzene rings is 1. The molecule has 0 unspecified atom stereocenters. The smallest absolute Gasteiger partial charge is 0.115 e. The maximum atomic E-state index is 9.20. The molecule has 0 saturated heterocycles. The van der Waals surface area contributed by atoms with E-state index in [-0.39, 0.29) is 0 Å². The molecule has 4 nitrogen and oxygen atoms in total. The van der Waals surface area contributed by atoms with Gasteiger partial charge in [0.1, 0.15) is 5.75 Å². The van der Waals surface area contributed by atoms with Gasteiger partial charge in [0.2, 0.25) is 0 Å². The van der Waals surface area contributed by atoms with Crippen molar-refractivity contribution in [1.82, 2.24) is 14.9 Å². The molecule has 0 atom stereocenters. The van der Waals surface area contributed by atoms with Crippen LogP contribution in [0.25, 0.3) is 0 Å². The third kappa shape index (κ3) is 3.32. The Balaban J connectivity index is 1.98.